The minimum atomic E-state index is -4.41. The van der Waals surface area contributed by atoms with E-state index in [1.165, 1.54) is 0 Å². The maximum atomic E-state index is 13.1. The first-order valence-electron chi connectivity index (χ1n) is 8.81. The summed E-state index contributed by atoms with van der Waals surface area (Å²) in [5.74, 6) is -0.838. The van der Waals surface area contributed by atoms with Gasteiger partial charge in [-0.3, -0.25) is 15.6 Å². The molecule has 5 unspecified atom stereocenters. The largest absolute Gasteiger partial charge is 0.406 e. The third-order valence-corrected chi connectivity index (χ3v) is 6.25. The third-order valence-electron chi connectivity index (χ3n) is 5.93. The maximum Gasteiger partial charge on any atom is 0.406 e. The molecule has 2 aliphatic heterocycles. The van der Waals surface area contributed by atoms with Gasteiger partial charge in [0.05, 0.1) is 5.92 Å². The van der Waals surface area contributed by atoms with Gasteiger partial charge >= 0.3 is 6.18 Å². The smallest absolute Gasteiger partial charge is 0.330 e. The van der Waals surface area contributed by atoms with Crippen LogP contribution in [0.4, 0.5) is 13.2 Å². The van der Waals surface area contributed by atoms with Crippen molar-refractivity contribution in [3.05, 3.63) is 29.0 Å². The number of piperidine rings is 1. The van der Waals surface area contributed by atoms with Gasteiger partial charge in [-0.1, -0.05) is 17.7 Å². The molecule has 0 spiro atoms. The lowest BCUT2D eigenvalue weighted by molar-refractivity contribution is -0.178. The van der Waals surface area contributed by atoms with E-state index in [4.69, 9.17) is 11.6 Å². The second-order valence-electron chi connectivity index (χ2n) is 7.36. The first-order valence-corrected chi connectivity index (χ1v) is 9.19. The molecule has 0 radical (unpaired) electrons. The summed E-state index contributed by atoms with van der Waals surface area (Å²) < 4.78 is 39.4. The number of carbonyl (C=O) groups excluding carboxylic acids is 1. The van der Waals surface area contributed by atoms with Gasteiger partial charge in [-0.15, -0.1) is 0 Å². The van der Waals surface area contributed by atoms with Gasteiger partial charge in [0.25, 0.3) is 0 Å². The molecule has 1 aromatic rings. The van der Waals surface area contributed by atoms with Crippen LogP contribution < -0.4 is 10.9 Å². The van der Waals surface area contributed by atoms with Crippen molar-refractivity contribution in [1.82, 2.24) is 20.7 Å². The highest BCUT2D eigenvalue weighted by molar-refractivity contribution is 6.30. The minimum absolute atomic E-state index is 0.00162. The third kappa shape index (κ3) is 3.18. The SMILES string of the molecule is O=C1C2CNNC2C2CCC(c3cccnc3Cl)CC2N1CC(F)(F)F. The molecule has 5 atom stereocenters. The molecular weight excluding hydrogens is 369 g/mol. The summed E-state index contributed by atoms with van der Waals surface area (Å²) in [6.07, 6.45) is -0.770. The van der Waals surface area contributed by atoms with Crippen LogP contribution in [0.2, 0.25) is 5.15 Å². The van der Waals surface area contributed by atoms with Crippen LogP contribution in [0, 0.1) is 11.8 Å². The first kappa shape index (κ1) is 18.0. The van der Waals surface area contributed by atoms with Gasteiger partial charge in [0, 0.05) is 24.8 Å². The predicted molar refractivity (Wildman–Crippen MR) is 89.3 cm³/mol. The number of hydrazine groups is 1. The Hall–Kier alpha value is -1.38. The number of pyridine rings is 1. The van der Waals surface area contributed by atoms with Crippen molar-refractivity contribution in [3.63, 3.8) is 0 Å². The maximum absolute atomic E-state index is 13.1. The molecule has 2 saturated heterocycles. The summed E-state index contributed by atoms with van der Waals surface area (Å²) in [6.45, 7) is -0.817. The summed E-state index contributed by atoms with van der Waals surface area (Å²) in [5, 5.41) is 0.388. The Labute approximate surface area is 154 Å². The summed E-state index contributed by atoms with van der Waals surface area (Å²) in [6, 6.07) is 3.10. The highest BCUT2D eigenvalue weighted by atomic mass is 35.5. The van der Waals surface area contributed by atoms with E-state index in [0.717, 1.165) is 23.3 Å². The minimum Gasteiger partial charge on any atom is -0.330 e. The van der Waals surface area contributed by atoms with Gasteiger partial charge in [-0.05, 0) is 42.7 Å². The molecule has 3 heterocycles. The van der Waals surface area contributed by atoms with E-state index >= 15 is 0 Å². The lowest BCUT2D eigenvalue weighted by Gasteiger charge is -2.50. The van der Waals surface area contributed by atoms with E-state index in [1.807, 2.05) is 6.07 Å². The fraction of sp³-hybridized carbons (Fsp3) is 0.647. The molecule has 0 aromatic carbocycles. The molecule has 4 rings (SSSR count). The zero-order valence-corrected chi connectivity index (χ0v) is 14.7. The summed E-state index contributed by atoms with van der Waals surface area (Å²) in [4.78, 5) is 17.9. The highest BCUT2D eigenvalue weighted by Gasteiger charge is 2.54. The molecule has 3 fully saturated rings. The average Bonchev–Trinajstić information content (AvgIpc) is 3.08. The van der Waals surface area contributed by atoms with Crippen molar-refractivity contribution in [1.29, 1.82) is 0 Å². The molecule has 26 heavy (non-hydrogen) atoms. The van der Waals surface area contributed by atoms with E-state index in [9.17, 15) is 18.0 Å². The van der Waals surface area contributed by atoms with Gasteiger partial charge < -0.3 is 4.90 Å². The zero-order valence-electron chi connectivity index (χ0n) is 14.0. The Morgan fingerprint density at radius 1 is 1.35 bits per heavy atom. The Bertz CT molecular complexity index is 701. The predicted octanol–water partition coefficient (Wildman–Crippen LogP) is 2.48. The number of hydrogen-bond acceptors (Lipinski definition) is 4. The molecule has 1 aliphatic carbocycles. The van der Waals surface area contributed by atoms with Gasteiger partial charge in [0.15, 0.2) is 0 Å². The van der Waals surface area contributed by atoms with E-state index < -0.39 is 30.6 Å². The molecule has 142 valence electrons. The van der Waals surface area contributed by atoms with Crippen LogP contribution >= 0.6 is 11.6 Å². The van der Waals surface area contributed by atoms with E-state index in [2.05, 4.69) is 15.8 Å². The number of halogens is 4. The molecule has 1 amide bonds. The Morgan fingerprint density at radius 3 is 2.88 bits per heavy atom. The number of aromatic nitrogens is 1. The topological polar surface area (TPSA) is 57.3 Å². The summed E-state index contributed by atoms with van der Waals surface area (Å²) in [7, 11) is 0. The Morgan fingerprint density at radius 2 is 2.15 bits per heavy atom. The second kappa shape index (κ2) is 6.65. The lowest BCUT2D eigenvalue weighted by atomic mass is 9.67. The van der Waals surface area contributed by atoms with Crippen LogP contribution in [0.5, 0.6) is 0 Å². The number of hydrogen-bond donors (Lipinski definition) is 2. The molecular formula is C17H20ClF3N4O. The molecule has 5 nitrogen and oxygen atoms in total. The van der Waals surface area contributed by atoms with Crippen LogP contribution in [0.3, 0.4) is 0 Å². The summed E-state index contributed by atoms with van der Waals surface area (Å²) >= 11 is 6.20. The Kier molecular flexibility index (Phi) is 4.61. The number of carbonyl (C=O) groups is 1. The molecule has 0 bridgehead atoms. The molecule has 3 aliphatic rings. The van der Waals surface area contributed by atoms with Crippen LogP contribution in [-0.4, -0.2) is 47.1 Å². The highest BCUT2D eigenvalue weighted by Crippen LogP contribution is 2.46. The van der Waals surface area contributed by atoms with Gasteiger partial charge in [0.1, 0.15) is 11.7 Å². The molecule has 1 aromatic heterocycles. The number of nitrogens with one attached hydrogen (secondary N) is 2. The van der Waals surface area contributed by atoms with E-state index in [0.29, 0.717) is 18.1 Å². The van der Waals surface area contributed by atoms with Crippen LogP contribution in [0.15, 0.2) is 18.3 Å². The van der Waals surface area contributed by atoms with Crippen molar-refractivity contribution in [3.8, 4) is 0 Å². The van der Waals surface area contributed by atoms with Crippen molar-refractivity contribution >= 4 is 17.5 Å². The quantitative estimate of drug-likeness (QED) is 0.764. The first-order chi connectivity index (χ1) is 12.3. The average molecular weight is 389 g/mol. The standard InChI is InChI=1S/C17H20ClF3N4O/c18-15-10(2-1-5-22-15)9-3-4-11-13(6-9)25(8-17(19,20)21)16(26)12-7-23-24-14(11)12/h1-2,5,9,11-14,23-24H,3-4,6-8H2. The van der Waals surface area contributed by atoms with Crippen molar-refractivity contribution in [2.75, 3.05) is 13.1 Å². The lowest BCUT2D eigenvalue weighted by Crippen LogP contribution is -2.63. The second-order valence-corrected chi connectivity index (χ2v) is 7.72. The van der Waals surface area contributed by atoms with Crippen LogP contribution in [0.1, 0.15) is 30.7 Å². The Balaban J connectivity index is 1.64. The molecule has 2 N–H and O–H groups in total. The van der Waals surface area contributed by atoms with Crippen LogP contribution in [0.25, 0.3) is 0 Å². The van der Waals surface area contributed by atoms with E-state index in [1.54, 1.807) is 12.3 Å². The molecule has 1 saturated carbocycles. The van der Waals surface area contributed by atoms with Gasteiger partial charge in [-0.25, -0.2) is 4.98 Å². The number of amides is 1. The zero-order chi connectivity index (χ0) is 18.5. The van der Waals surface area contributed by atoms with Crippen molar-refractivity contribution < 1.29 is 18.0 Å². The van der Waals surface area contributed by atoms with Gasteiger partial charge in [-0.2, -0.15) is 13.2 Å². The normalized spacial score (nSPS) is 34.5. The molecule has 9 heteroatoms. The van der Waals surface area contributed by atoms with Crippen LogP contribution in [-0.2, 0) is 4.79 Å². The number of nitrogens with zero attached hydrogens (tertiary/aromatic N) is 2. The van der Waals surface area contributed by atoms with E-state index in [-0.39, 0.29) is 17.9 Å². The number of likely N-dealkylation sites (tertiary alicyclic amines) is 1. The van der Waals surface area contributed by atoms with Gasteiger partial charge in [0.2, 0.25) is 5.91 Å². The monoisotopic (exact) mass is 388 g/mol. The number of alkyl halides is 3. The fourth-order valence-corrected chi connectivity index (χ4v) is 5.13. The number of rotatable bonds is 2. The van der Waals surface area contributed by atoms with Crippen molar-refractivity contribution in [2.45, 2.75) is 43.4 Å². The van der Waals surface area contributed by atoms with Crippen molar-refractivity contribution in [2.24, 2.45) is 11.8 Å². The fourth-order valence-electron chi connectivity index (χ4n) is 4.86. The summed E-state index contributed by atoms with van der Waals surface area (Å²) in [5.41, 5.74) is 6.93. The number of fused-ring (bicyclic) bond motifs is 3.